The number of rotatable bonds is 5. The van der Waals surface area contributed by atoms with E-state index in [2.05, 4.69) is 4.98 Å². The van der Waals surface area contributed by atoms with E-state index in [9.17, 15) is 4.79 Å². The Balaban J connectivity index is 1.89. The number of carbonyl (C=O) groups excluding carboxylic acids is 1. The SMILES string of the molecule is NC(CC(=O)Cc1ccncc1Cl)C1CC1. The second-order valence-electron chi connectivity index (χ2n) is 4.39. The zero-order valence-corrected chi connectivity index (χ0v) is 9.78. The Morgan fingerprint density at radius 2 is 2.38 bits per heavy atom. The van der Waals surface area contributed by atoms with Crippen LogP contribution in [0.4, 0.5) is 0 Å². The topological polar surface area (TPSA) is 56.0 Å². The molecule has 0 aliphatic heterocycles. The van der Waals surface area contributed by atoms with Crippen LogP contribution in [0.2, 0.25) is 5.02 Å². The average Bonchev–Trinajstić information content (AvgIpc) is 3.04. The fourth-order valence-electron chi connectivity index (χ4n) is 1.79. The molecule has 86 valence electrons. The highest BCUT2D eigenvalue weighted by molar-refractivity contribution is 6.31. The van der Waals surface area contributed by atoms with Crippen molar-refractivity contribution in [2.45, 2.75) is 31.7 Å². The molecule has 0 saturated heterocycles. The Morgan fingerprint density at radius 3 is 3.00 bits per heavy atom. The number of hydrogen-bond donors (Lipinski definition) is 1. The van der Waals surface area contributed by atoms with Crippen LogP contribution < -0.4 is 5.73 Å². The molecule has 1 aromatic heterocycles. The van der Waals surface area contributed by atoms with Crippen molar-refractivity contribution in [1.29, 1.82) is 0 Å². The van der Waals surface area contributed by atoms with Crippen LogP contribution in [0.25, 0.3) is 0 Å². The van der Waals surface area contributed by atoms with Crippen LogP contribution in [0.5, 0.6) is 0 Å². The van der Waals surface area contributed by atoms with Gasteiger partial charge in [-0.3, -0.25) is 9.78 Å². The minimum atomic E-state index is 0.0353. The maximum Gasteiger partial charge on any atom is 0.138 e. The molecule has 0 radical (unpaired) electrons. The number of pyridine rings is 1. The summed E-state index contributed by atoms with van der Waals surface area (Å²) in [6, 6.07) is 1.82. The Hall–Kier alpha value is -0.930. The monoisotopic (exact) mass is 238 g/mol. The summed E-state index contributed by atoms with van der Waals surface area (Å²) in [7, 11) is 0. The predicted molar refractivity (Wildman–Crippen MR) is 63.3 cm³/mol. The van der Waals surface area contributed by atoms with Gasteiger partial charge in [-0.15, -0.1) is 0 Å². The zero-order chi connectivity index (χ0) is 11.5. The third-order valence-electron chi connectivity index (χ3n) is 2.93. The second kappa shape index (κ2) is 4.93. The predicted octanol–water partition coefficient (Wildman–Crippen LogP) is 1.97. The van der Waals surface area contributed by atoms with Crippen LogP contribution in [0.3, 0.4) is 0 Å². The summed E-state index contributed by atoms with van der Waals surface area (Å²) in [6.07, 6.45) is 6.38. The van der Waals surface area contributed by atoms with Crippen molar-refractivity contribution in [3.8, 4) is 0 Å². The van der Waals surface area contributed by atoms with Crippen LogP contribution in [-0.2, 0) is 11.2 Å². The minimum absolute atomic E-state index is 0.0353. The lowest BCUT2D eigenvalue weighted by atomic mass is 10.0. The Labute approximate surface area is 100 Å². The number of Topliss-reactive ketones (excluding diaryl/α,β-unsaturated/α-hetero) is 1. The first-order valence-electron chi connectivity index (χ1n) is 5.52. The molecule has 16 heavy (non-hydrogen) atoms. The van der Waals surface area contributed by atoms with Crippen molar-refractivity contribution < 1.29 is 4.79 Å². The van der Waals surface area contributed by atoms with E-state index >= 15 is 0 Å². The smallest absolute Gasteiger partial charge is 0.138 e. The molecule has 0 bridgehead atoms. The molecular formula is C12H15ClN2O. The van der Waals surface area contributed by atoms with Gasteiger partial charge >= 0.3 is 0 Å². The van der Waals surface area contributed by atoms with E-state index in [1.807, 2.05) is 0 Å². The van der Waals surface area contributed by atoms with Gasteiger partial charge in [0, 0.05) is 31.3 Å². The van der Waals surface area contributed by atoms with Crippen molar-refractivity contribution in [3.63, 3.8) is 0 Å². The molecule has 1 unspecified atom stereocenters. The molecule has 0 spiro atoms. The summed E-state index contributed by atoms with van der Waals surface area (Å²) in [6.45, 7) is 0. The highest BCUT2D eigenvalue weighted by Crippen LogP contribution is 2.33. The fourth-order valence-corrected chi connectivity index (χ4v) is 1.97. The summed E-state index contributed by atoms with van der Waals surface area (Å²) in [5.41, 5.74) is 6.74. The number of aromatic nitrogens is 1. The van der Waals surface area contributed by atoms with Crippen LogP contribution in [-0.4, -0.2) is 16.8 Å². The Morgan fingerprint density at radius 1 is 1.62 bits per heavy atom. The summed E-state index contributed by atoms with van der Waals surface area (Å²) >= 11 is 5.93. The number of halogens is 1. The molecule has 2 N–H and O–H groups in total. The van der Waals surface area contributed by atoms with Crippen molar-refractivity contribution in [2.75, 3.05) is 0 Å². The minimum Gasteiger partial charge on any atom is -0.327 e. The summed E-state index contributed by atoms with van der Waals surface area (Å²) < 4.78 is 0. The van der Waals surface area contributed by atoms with Crippen LogP contribution in [0.1, 0.15) is 24.8 Å². The van der Waals surface area contributed by atoms with E-state index in [0.29, 0.717) is 23.8 Å². The van der Waals surface area contributed by atoms with Crippen molar-refractivity contribution in [3.05, 3.63) is 29.0 Å². The molecule has 0 amide bonds. The molecular weight excluding hydrogens is 224 g/mol. The molecule has 4 heteroatoms. The average molecular weight is 239 g/mol. The first-order valence-corrected chi connectivity index (χ1v) is 5.90. The van der Waals surface area contributed by atoms with E-state index in [1.165, 1.54) is 12.8 Å². The Kier molecular flexibility index (Phi) is 3.56. The largest absolute Gasteiger partial charge is 0.327 e. The molecule has 1 fully saturated rings. The maximum atomic E-state index is 11.7. The van der Waals surface area contributed by atoms with E-state index in [1.54, 1.807) is 18.5 Å². The fraction of sp³-hybridized carbons (Fsp3) is 0.500. The molecule has 1 heterocycles. The van der Waals surface area contributed by atoms with E-state index < -0.39 is 0 Å². The van der Waals surface area contributed by atoms with E-state index in [4.69, 9.17) is 17.3 Å². The standard InChI is InChI=1S/C12H15ClN2O/c13-11-7-15-4-3-9(11)5-10(16)6-12(14)8-1-2-8/h3-4,7-8,12H,1-2,5-6,14H2. The van der Waals surface area contributed by atoms with Crippen molar-refractivity contribution in [2.24, 2.45) is 11.7 Å². The van der Waals surface area contributed by atoms with Gasteiger partial charge in [0.05, 0.1) is 5.02 Å². The highest BCUT2D eigenvalue weighted by Gasteiger charge is 2.29. The number of nitrogens with zero attached hydrogens (tertiary/aromatic N) is 1. The molecule has 0 aromatic carbocycles. The number of hydrogen-bond acceptors (Lipinski definition) is 3. The van der Waals surface area contributed by atoms with Gasteiger partial charge in [0.25, 0.3) is 0 Å². The third-order valence-corrected chi connectivity index (χ3v) is 3.28. The lowest BCUT2D eigenvalue weighted by molar-refractivity contribution is -0.118. The van der Waals surface area contributed by atoms with E-state index in [-0.39, 0.29) is 11.8 Å². The normalized spacial score (nSPS) is 17.1. The number of carbonyl (C=O) groups is 1. The number of nitrogens with two attached hydrogens (primary N) is 1. The van der Waals surface area contributed by atoms with E-state index in [0.717, 1.165) is 5.56 Å². The second-order valence-corrected chi connectivity index (χ2v) is 4.80. The quantitative estimate of drug-likeness (QED) is 0.853. The maximum absolute atomic E-state index is 11.7. The van der Waals surface area contributed by atoms with Gasteiger partial charge in [-0.05, 0) is 30.4 Å². The van der Waals surface area contributed by atoms with Crippen molar-refractivity contribution >= 4 is 17.4 Å². The third kappa shape index (κ3) is 3.03. The first kappa shape index (κ1) is 11.6. The summed E-state index contributed by atoms with van der Waals surface area (Å²) in [4.78, 5) is 15.6. The first-order chi connectivity index (χ1) is 7.66. The molecule has 1 saturated carbocycles. The molecule has 2 rings (SSSR count). The zero-order valence-electron chi connectivity index (χ0n) is 9.03. The molecule has 1 atom stereocenters. The molecule has 3 nitrogen and oxygen atoms in total. The van der Waals surface area contributed by atoms with Gasteiger partial charge in [-0.1, -0.05) is 11.6 Å². The van der Waals surface area contributed by atoms with Crippen LogP contribution in [0.15, 0.2) is 18.5 Å². The highest BCUT2D eigenvalue weighted by atomic mass is 35.5. The molecule has 1 aromatic rings. The van der Waals surface area contributed by atoms with Crippen LogP contribution in [0, 0.1) is 5.92 Å². The van der Waals surface area contributed by atoms with Gasteiger partial charge in [-0.25, -0.2) is 0 Å². The van der Waals surface area contributed by atoms with Crippen molar-refractivity contribution in [1.82, 2.24) is 4.98 Å². The lowest BCUT2D eigenvalue weighted by Gasteiger charge is -2.09. The number of ketones is 1. The van der Waals surface area contributed by atoms with Gasteiger partial charge in [0.2, 0.25) is 0 Å². The molecule has 1 aliphatic carbocycles. The molecule has 1 aliphatic rings. The lowest BCUT2D eigenvalue weighted by Crippen LogP contribution is -2.26. The summed E-state index contributed by atoms with van der Waals surface area (Å²) in [5, 5.41) is 0.552. The Bertz CT molecular complexity index is 390. The van der Waals surface area contributed by atoms with Gasteiger partial charge < -0.3 is 5.73 Å². The van der Waals surface area contributed by atoms with Crippen LogP contribution >= 0.6 is 11.6 Å². The van der Waals surface area contributed by atoms with Gasteiger partial charge in [0.15, 0.2) is 0 Å². The summed E-state index contributed by atoms with van der Waals surface area (Å²) in [5.74, 6) is 0.726. The van der Waals surface area contributed by atoms with Gasteiger partial charge in [0.1, 0.15) is 5.78 Å². The van der Waals surface area contributed by atoms with Gasteiger partial charge in [-0.2, -0.15) is 0 Å².